The molecular formula is C30H34FN5O5S. The molecule has 10 nitrogen and oxygen atoms in total. The normalized spacial score (nSPS) is 25.2. The average Bonchev–Trinajstić information content (AvgIpc) is 3.36. The van der Waals surface area contributed by atoms with Crippen molar-refractivity contribution in [3.8, 4) is 11.5 Å². The number of amides is 4. The molecule has 3 fully saturated rings. The predicted octanol–water partition coefficient (Wildman–Crippen LogP) is 3.21. The summed E-state index contributed by atoms with van der Waals surface area (Å²) < 4.78 is 21.3. The number of likely N-dealkylation sites (tertiary alicyclic amines) is 1. The quantitative estimate of drug-likeness (QED) is 0.388. The molecule has 0 bridgehead atoms. The highest BCUT2D eigenvalue weighted by molar-refractivity contribution is 8.04. The summed E-state index contributed by atoms with van der Waals surface area (Å²) in [6, 6.07) is 11.3. The van der Waals surface area contributed by atoms with Crippen molar-refractivity contribution in [2.75, 3.05) is 31.1 Å². The van der Waals surface area contributed by atoms with Crippen LogP contribution < -0.4 is 25.6 Å². The van der Waals surface area contributed by atoms with Crippen LogP contribution in [0.2, 0.25) is 0 Å². The molecule has 42 heavy (non-hydrogen) atoms. The van der Waals surface area contributed by atoms with Gasteiger partial charge >= 0.3 is 6.03 Å². The van der Waals surface area contributed by atoms with Gasteiger partial charge in [-0.3, -0.25) is 14.5 Å². The van der Waals surface area contributed by atoms with Gasteiger partial charge in [-0.25, -0.2) is 9.18 Å². The number of para-hydroxylation sites is 1. The van der Waals surface area contributed by atoms with Crippen molar-refractivity contribution in [3.05, 3.63) is 64.4 Å². The van der Waals surface area contributed by atoms with Crippen molar-refractivity contribution >= 4 is 35.3 Å². The van der Waals surface area contributed by atoms with Crippen molar-refractivity contribution in [1.29, 1.82) is 0 Å². The maximum Gasteiger partial charge on any atom is 0.326 e. The van der Waals surface area contributed by atoms with E-state index in [0.29, 0.717) is 53.7 Å². The number of piperidine rings is 2. The van der Waals surface area contributed by atoms with E-state index in [0.717, 1.165) is 12.8 Å². The lowest BCUT2D eigenvalue weighted by molar-refractivity contribution is -0.134. The van der Waals surface area contributed by atoms with Crippen molar-refractivity contribution in [1.82, 2.24) is 20.9 Å². The summed E-state index contributed by atoms with van der Waals surface area (Å²) in [7, 11) is 0. The minimum absolute atomic E-state index is 0.0664. The number of hydrogen-bond donors (Lipinski definition) is 4. The molecule has 3 saturated heterocycles. The van der Waals surface area contributed by atoms with Crippen LogP contribution in [-0.2, 0) is 9.59 Å². The van der Waals surface area contributed by atoms with Crippen LogP contribution in [0.4, 0.5) is 14.9 Å². The van der Waals surface area contributed by atoms with Crippen molar-refractivity contribution < 1.29 is 28.6 Å². The van der Waals surface area contributed by atoms with Gasteiger partial charge in [-0.15, -0.1) is 0 Å². The summed E-state index contributed by atoms with van der Waals surface area (Å²) >= 11 is 1.40. The molecule has 0 radical (unpaired) electrons. The van der Waals surface area contributed by atoms with Gasteiger partial charge in [-0.2, -0.15) is 0 Å². The number of halogens is 1. The summed E-state index contributed by atoms with van der Waals surface area (Å²) in [6.07, 6.45) is 2.20. The number of carbonyl (C=O) groups is 3. The van der Waals surface area contributed by atoms with Crippen molar-refractivity contribution in [3.63, 3.8) is 0 Å². The molecule has 0 aliphatic carbocycles. The fourth-order valence-electron chi connectivity index (χ4n) is 6.33. The average molecular weight is 596 g/mol. The fourth-order valence-corrected chi connectivity index (χ4v) is 7.73. The molecule has 3 unspecified atom stereocenters. The third kappa shape index (κ3) is 5.34. The molecule has 2 aromatic carbocycles. The molecule has 12 heteroatoms. The summed E-state index contributed by atoms with van der Waals surface area (Å²) in [5, 5.41) is 18.5. The number of rotatable bonds is 7. The lowest BCUT2D eigenvalue weighted by Crippen LogP contribution is -2.62. The Hall–Kier alpha value is -3.61. The number of nitrogens with one attached hydrogen (secondary N) is 3. The molecule has 4 aliphatic heterocycles. The maximum absolute atomic E-state index is 15.5. The first-order valence-electron chi connectivity index (χ1n) is 14.3. The monoisotopic (exact) mass is 595 g/mol. The molecule has 222 valence electrons. The van der Waals surface area contributed by atoms with Crippen LogP contribution in [0.5, 0.6) is 11.5 Å². The Balaban J connectivity index is 1.22. The molecule has 0 aromatic heterocycles. The number of nitrogens with zero attached hydrogens (tertiary/aromatic N) is 2. The fraction of sp³-hybridized carbons (Fsp3) is 0.433. The Morgan fingerprint density at radius 2 is 2.00 bits per heavy atom. The van der Waals surface area contributed by atoms with Crippen LogP contribution in [0.15, 0.2) is 53.1 Å². The van der Waals surface area contributed by atoms with E-state index in [-0.39, 0.29) is 54.0 Å². The van der Waals surface area contributed by atoms with Gasteiger partial charge in [0.25, 0.3) is 5.91 Å². The lowest BCUT2D eigenvalue weighted by Gasteiger charge is -2.46. The highest BCUT2D eigenvalue weighted by Crippen LogP contribution is 2.48. The predicted molar refractivity (Wildman–Crippen MR) is 156 cm³/mol. The van der Waals surface area contributed by atoms with E-state index >= 15 is 4.39 Å². The van der Waals surface area contributed by atoms with Gasteiger partial charge in [0.05, 0.1) is 28.6 Å². The van der Waals surface area contributed by atoms with Crippen molar-refractivity contribution in [2.45, 2.75) is 50.1 Å². The molecule has 4 heterocycles. The molecule has 0 spiro atoms. The van der Waals surface area contributed by atoms with E-state index in [9.17, 15) is 14.4 Å². The first kappa shape index (κ1) is 28.5. The Labute approximate surface area is 247 Å². The van der Waals surface area contributed by atoms with E-state index in [1.54, 1.807) is 41.0 Å². The number of carbonyl (C=O) groups excluding carboxylic acids is 3. The molecule has 4 aliphatic rings. The van der Waals surface area contributed by atoms with Gasteiger partial charge in [0.2, 0.25) is 5.91 Å². The Morgan fingerprint density at radius 1 is 1.19 bits per heavy atom. The molecule has 6 rings (SSSR count). The zero-order chi connectivity index (χ0) is 29.4. The second-order valence-electron chi connectivity index (χ2n) is 11.0. The standard InChI is InChI=1S/C30H34FN5O5S/c1-17-20(9-10-22(25(17)31)41-19-7-3-2-4-8-19)36-21-11-13-32-29-24(21)26(34-30(36)40)27(42-29)28(39)33-18-6-5-14-35(16-18)23(38)12-15-37/h2-4,7-10,18,21,24,29,32,37H,5-6,11-16H2,1H3,(H,33,39)(H,34,40)/t18-,21?,24?,29?/m1/s1. The van der Waals surface area contributed by atoms with Crippen LogP contribution in [0.3, 0.4) is 0 Å². The molecule has 4 atom stereocenters. The van der Waals surface area contributed by atoms with Crippen LogP contribution in [0.1, 0.15) is 31.2 Å². The SMILES string of the molecule is Cc1c(N2C(=O)NC3=C(C(=O)N[C@@H]4CCCN(C(=O)CCO)C4)SC4NCCC2C34)ccc(Oc2ccccc2)c1F. The van der Waals surface area contributed by atoms with E-state index in [2.05, 4.69) is 16.0 Å². The van der Waals surface area contributed by atoms with Gasteiger partial charge in [0, 0.05) is 42.7 Å². The van der Waals surface area contributed by atoms with Crippen LogP contribution in [0, 0.1) is 18.7 Å². The van der Waals surface area contributed by atoms with E-state index < -0.39 is 11.8 Å². The van der Waals surface area contributed by atoms with Gasteiger partial charge in [0.1, 0.15) is 5.75 Å². The third-order valence-corrected chi connectivity index (χ3v) is 9.69. The minimum atomic E-state index is -0.532. The smallest absolute Gasteiger partial charge is 0.326 e. The number of urea groups is 1. The first-order chi connectivity index (χ1) is 20.4. The topological polar surface area (TPSA) is 123 Å². The Bertz CT molecular complexity index is 1420. The lowest BCUT2D eigenvalue weighted by atomic mass is 9.86. The zero-order valence-electron chi connectivity index (χ0n) is 23.3. The van der Waals surface area contributed by atoms with Crippen LogP contribution >= 0.6 is 11.8 Å². The minimum Gasteiger partial charge on any atom is -0.454 e. The highest BCUT2D eigenvalue weighted by atomic mass is 32.2. The number of thioether (sulfide) groups is 1. The van der Waals surface area contributed by atoms with E-state index in [1.165, 1.54) is 11.8 Å². The zero-order valence-corrected chi connectivity index (χ0v) is 24.1. The maximum atomic E-state index is 15.5. The molecular weight excluding hydrogens is 561 g/mol. The summed E-state index contributed by atoms with van der Waals surface area (Å²) in [6.45, 7) is 3.08. The van der Waals surface area contributed by atoms with Gasteiger partial charge in [-0.1, -0.05) is 30.0 Å². The van der Waals surface area contributed by atoms with Crippen LogP contribution in [0.25, 0.3) is 0 Å². The molecule has 0 saturated carbocycles. The van der Waals surface area contributed by atoms with E-state index in [1.807, 2.05) is 18.2 Å². The van der Waals surface area contributed by atoms with E-state index in [4.69, 9.17) is 9.84 Å². The van der Waals surface area contributed by atoms with Gasteiger partial charge < -0.3 is 30.7 Å². The Morgan fingerprint density at radius 3 is 2.79 bits per heavy atom. The molecule has 4 amide bonds. The summed E-state index contributed by atoms with van der Waals surface area (Å²) in [5.74, 6) is -0.516. The second-order valence-corrected chi connectivity index (χ2v) is 12.1. The summed E-state index contributed by atoms with van der Waals surface area (Å²) in [5.41, 5.74) is 1.36. The highest BCUT2D eigenvalue weighted by Gasteiger charge is 2.52. The number of hydrogen-bond acceptors (Lipinski definition) is 7. The number of aliphatic hydroxyl groups excluding tert-OH is 1. The second kappa shape index (κ2) is 11.9. The molecule has 2 aromatic rings. The molecule has 4 N–H and O–H groups in total. The number of ether oxygens (including phenoxy) is 1. The number of benzene rings is 2. The third-order valence-electron chi connectivity index (χ3n) is 8.34. The number of anilines is 1. The van der Waals surface area contributed by atoms with Gasteiger partial charge in [0.15, 0.2) is 11.6 Å². The van der Waals surface area contributed by atoms with Crippen molar-refractivity contribution in [2.24, 2.45) is 5.92 Å². The summed E-state index contributed by atoms with van der Waals surface area (Å²) in [4.78, 5) is 43.2. The Kier molecular flexibility index (Phi) is 8.11. The van der Waals surface area contributed by atoms with Crippen LogP contribution in [-0.4, -0.2) is 71.6 Å². The largest absolute Gasteiger partial charge is 0.454 e. The number of aliphatic hydroxyl groups is 1. The first-order valence-corrected chi connectivity index (χ1v) is 15.2. The van der Waals surface area contributed by atoms with Gasteiger partial charge in [-0.05, 0) is 57.0 Å².